The normalized spacial score (nSPS) is 11.6. The molecule has 0 fully saturated rings. The second kappa shape index (κ2) is 7.26. The van der Waals surface area contributed by atoms with Gasteiger partial charge >= 0.3 is 11.9 Å². The van der Waals surface area contributed by atoms with Gasteiger partial charge in [0, 0.05) is 5.92 Å². The Bertz CT molecular complexity index is 342. The fourth-order valence-electron chi connectivity index (χ4n) is 1.45. The highest BCUT2D eigenvalue weighted by Gasteiger charge is 2.38. The first kappa shape index (κ1) is 17.6. The highest BCUT2D eigenvalue weighted by Crippen LogP contribution is 2.23. The van der Waals surface area contributed by atoms with Crippen LogP contribution in [0, 0.1) is 17.3 Å². The van der Waals surface area contributed by atoms with Crippen LogP contribution in [0.3, 0.4) is 0 Å². The third kappa shape index (κ3) is 5.41. The van der Waals surface area contributed by atoms with Crippen LogP contribution >= 0.6 is 0 Å². The highest BCUT2D eigenvalue weighted by atomic mass is 16.6. The van der Waals surface area contributed by atoms with Crippen LogP contribution in [-0.4, -0.2) is 30.9 Å². The van der Waals surface area contributed by atoms with E-state index >= 15 is 0 Å². The summed E-state index contributed by atoms with van der Waals surface area (Å²) in [7, 11) is 0. The van der Waals surface area contributed by atoms with Crippen LogP contribution in [0.25, 0.3) is 0 Å². The van der Waals surface area contributed by atoms with E-state index < -0.39 is 11.4 Å². The molecule has 0 aliphatic carbocycles. The van der Waals surface area contributed by atoms with Gasteiger partial charge in [0.15, 0.2) is 5.78 Å². The smallest absolute Gasteiger partial charge is 0.319 e. The number of hydrogen-bond donors (Lipinski definition) is 0. The fraction of sp³-hybridized carbons (Fsp3) is 0.786. The molecule has 0 aliphatic heterocycles. The maximum atomic E-state index is 11.9. The summed E-state index contributed by atoms with van der Waals surface area (Å²) >= 11 is 0. The summed E-state index contributed by atoms with van der Waals surface area (Å²) in [6.45, 7) is 9.97. The van der Waals surface area contributed by atoms with E-state index in [1.807, 2.05) is 0 Å². The lowest BCUT2D eigenvalue weighted by molar-refractivity contribution is -0.163. The lowest BCUT2D eigenvalue weighted by atomic mass is 9.82. The molecule has 0 heterocycles. The highest BCUT2D eigenvalue weighted by molar-refractivity contribution is 6.03. The van der Waals surface area contributed by atoms with Crippen molar-refractivity contribution in [2.75, 3.05) is 13.2 Å². The van der Waals surface area contributed by atoms with Crippen molar-refractivity contribution in [3.8, 4) is 0 Å². The largest absolute Gasteiger partial charge is 0.462 e. The first-order chi connectivity index (χ1) is 8.60. The van der Waals surface area contributed by atoms with Crippen molar-refractivity contribution in [2.24, 2.45) is 17.3 Å². The number of ether oxygens (including phenoxy) is 2. The van der Waals surface area contributed by atoms with Crippen molar-refractivity contribution >= 4 is 17.7 Å². The summed E-state index contributed by atoms with van der Waals surface area (Å²) in [5.41, 5.74) is -1.17. The minimum Gasteiger partial charge on any atom is -0.462 e. The molecule has 0 saturated carbocycles. The van der Waals surface area contributed by atoms with Gasteiger partial charge in [-0.1, -0.05) is 27.7 Å². The molecule has 0 radical (unpaired) electrons. The minimum absolute atomic E-state index is 0.00863. The predicted octanol–water partition coefficient (Wildman–Crippen LogP) is 1.98. The van der Waals surface area contributed by atoms with E-state index in [4.69, 9.17) is 9.47 Å². The van der Waals surface area contributed by atoms with E-state index in [-0.39, 0.29) is 36.8 Å². The Labute approximate surface area is 114 Å². The topological polar surface area (TPSA) is 69.7 Å². The first-order valence-corrected chi connectivity index (χ1v) is 6.48. The summed E-state index contributed by atoms with van der Waals surface area (Å²) in [5.74, 6) is -1.55. The van der Waals surface area contributed by atoms with Gasteiger partial charge in [0.25, 0.3) is 0 Å². The summed E-state index contributed by atoms with van der Waals surface area (Å²) in [4.78, 5) is 34.8. The zero-order chi connectivity index (χ0) is 15.2. The minimum atomic E-state index is -1.17. The maximum Gasteiger partial charge on any atom is 0.319 e. The molecular weight excluding hydrogens is 248 g/mol. The van der Waals surface area contributed by atoms with E-state index in [1.54, 1.807) is 27.7 Å². The summed E-state index contributed by atoms with van der Waals surface area (Å²) in [5, 5.41) is 0. The molecule has 0 unspecified atom stereocenters. The molecule has 0 N–H and O–H groups in total. The zero-order valence-electron chi connectivity index (χ0n) is 12.6. The average Bonchev–Trinajstić information content (AvgIpc) is 2.32. The molecule has 5 heteroatoms. The molecule has 110 valence electrons. The second-order valence-corrected chi connectivity index (χ2v) is 5.60. The van der Waals surface area contributed by atoms with Crippen molar-refractivity contribution in [1.82, 2.24) is 0 Å². The van der Waals surface area contributed by atoms with Crippen LogP contribution in [0.1, 0.15) is 41.5 Å². The molecular formula is C14H24O5. The van der Waals surface area contributed by atoms with E-state index in [1.165, 1.54) is 13.8 Å². The van der Waals surface area contributed by atoms with E-state index in [0.29, 0.717) is 0 Å². The average molecular weight is 272 g/mol. The van der Waals surface area contributed by atoms with Gasteiger partial charge in [0.2, 0.25) is 0 Å². The lowest BCUT2D eigenvalue weighted by Gasteiger charge is -2.23. The third-order valence-electron chi connectivity index (χ3n) is 2.68. The van der Waals surface area contributed by atoms with E-state index in [2.05, 4.69) is 0 Å². The van der Waals surface area contributed by atoms with Crippen LogP contribution in [-0.2, 0) is 23.9 Å². The fourth-order valence-corrected chi connectivity index (χ4v) is 1.45. The van der Waals surface area contributed by atoms with Crippen LogP contribution in [0.5, 0.6) is 0 Å². The summed E-state index contributed by atoms with van der Waals surface area (Å²) < 4.78 is 9.84. The van der Waals surface area contributed by atoms with Gasteiger partial charge in [-0.3, -0.25) is 14.4 Å². The van der Waals surface area contributed by atoms with Crippen molar-refractivity contribution in [3.05, 3.63) is 0 Å². The second-order valence-electron chi connectivity index (χ2n) is 5.60. The van der Waals surface area contributed by atoms with Crippen molar-refractivity contribution < 1.29 is 23.9 Å². The van der Waals surface area contributed by atoms with Gasteiger partial charge in [-0.05, 0) is 13.8 Å². The predicted molar refractivity (Wildman–Crippen MR) is 70.4 cm³/mol. The Morgan fingerprint density at radius 1 is 0.895 bits per heavy atom. The van der Waals surface area contributed by atoms with Gasteiger partial charge in [0.1, 0.15) is 18.6 Å². The third-order valence-corrected chi connectivity index (χ3v) is 2.68. The molecule has 19 heavy (non-hydrogen) atoms. The Kier molecular flexibility index (Phi) is 6.73. The SMILES string of the molecule is CC(C)C(=O)OCCOC(=O)C(C)(C)C(=O)C(C)C. The number of carbonyl (C=O) groups excluding carboxylic acids is 3. The first-order valence-electron chi connectivity index (χ1n) is 6.48. The molecule has 0 aliphatic rings. The summed E-state index contributed by atoms with van der Waals surface area (Å²) in [6, 6.07) is 0. The molecule has 0 amide bonds. The van der Waals surface area contributed by atoms with Gasteiger partial charge in [-0.25, -0.2) is 0 Å². The van der Waals surface area contributed by atoms with Crippen LogP contribution in [0.2, 0.25) is 0 Å². The Morgan fingerprint density at radius 3 is 1.79 bits per heavy atom. The number of ketones is 1. The molecule has 0 aromatic rings. The lowest BCUT2D eigenvalue weighted by Crippen LogP contribution is -2.38. The number of rotatable bonds is 7. The molecule has 0 atom stereocenters. The van der Waals surface area contributed by atoms with Gasteiger partial charge in [0.05, 0.1) is 5.92 Å². The monoisotopic (exact) mass is 272 g/mol. The molecule has 0 bridgehead atoms. The number of esters is 2. The molecule has 0 saturated heterocycles. The maximum absolute atomic E-state index is 11.9. The number of hydrogen-bond acceptors (Lipinski definition) is 5. The number of carbonyl (C=O) groups is 3. The van der Waals surface area contributed by atoms with E-state index in [9.17, 15) is 14.4 Å². The Morgan fingerprint density at radius 2 is 1.37 bits per heavy atom. The van der Waals surface area contributed by atoms with E-state index in [0.717, 1.165) is 0 Å². The standard InChI is InChI=1S/C14H24O5/c1-9(2)11(15)14(5,6)13(17)19-8-7-18-12(16)10(3)4/h9-10H,7-8H2,1-6H3. The van der Waals surface area contributed by atoms with Gasteiger partial charge in [-0.2, -0.15) is 0 Å². The van der Waals surface area contributed by atoms with Crippen molar-refractivity contribution in [2.45, 2.75) is 41.5 Å². The van der Waals surface area contributed by atoms with Crippen molar-refractivity contribution in [3.63, 3.8) is 0 Å². The van der Waals surface area contributed by atoms with Gasteiger partial charge in [-0.15, -0.1) is 0 Å². The summed E-state index contributed by atoms with van der Waals surface area (Å²) in [6.07, 6.45) is 0. The Hall–Kier alpha value is -1.39. The van der Waals surface area contributed by atoms with Crippen LogP contribution < -0.4 is 0 Å². The number of Topliss-reactive ketones (excluding diaryl/α,β-unsaturated/α-hetero) is 1. The van der Waals surface area contributed by atoms with Crippen LogP contribution in [0.15, 0.2) is 0 Å². The van der Waals surface area contributed by atoms with Crippen LogP contribution in [0.4, 0.5) is 0 Å². The molecule has 5 nitrogen and oxygen atoms in total. The molecule has 0 rings (SSSR count). The molecule has 0 aromatic carbocycles. The molecule has 0 spiro atoms. The Balaban J connectivity index is 4.18. The molecule has 0 aromatic heterocycles. The van der Waals surface area contributed by atoms with Gasteiger partial charge < -0.3 is 9.47 Å². The van der Waals surface area contributed by atoms with Crippen molar-refractivity contribution in [1.29, 1.82) is 0 Å². The zero-order valence-corrected chi connectivity index (χ0v) is 12.6. The quantitative estimate of drug-likeness (QED) is 0.402.